The molecule has 0 radical (unpaired) electrons. The monoisotopic (exact) mass is 292 g/mol. The van der Waals surface area contributed by atoms with Gasteiger partial charge in [0, 0.05) is 18.8 Å². The van der Waals surface area contributed by atoms with Gasteiger partial charge in [-0.3, -0.25) is 9.59 Å². The van der Waals surface area contributed by atoms with Crippen molar-refractivity contribution in [2.75, 3.05) is 0 Å². The molecule has 0 aliphatic carbocycles. The van der Waals surface area contributed by atoms with E-state index in [1.54, 1.807) is 0 Å². The van der Waals surface area contributed by atoms with Crippen molar-refractivity contribution in [1.29, 1.82) is 0 Å². The van der Waals surface area contributed by atoms with Crippen molar-refractivity contribution >= 4 is 17.7 Å². The summed E-state index contributed by atoms with van der Waals surface area (Å²) >= 11 is 0. The number of aromatic carboxylic acids is 1. The molecule has 0 spiro atoms. The average Bonchev–Trinajstić information content (AvgIpc) is 2.68. The first-order chi connectivity index (χ1) is 9.04. The number of amides is 1. The van der Waals surface area contributed by atoms with Crippen LogP contribution in [0.3, 0.4) is 0 Å². The normalized spacial score (nSPS) is 12.8. The second kappa shape index (κ2) is 5.35. The zero-order chi connectivity index (χ0) is 15.7. The lowest BCUT2D eigenvalue weighted by molar-refractivity contribution is -0.156. The zero-order valence-electron chi connectivity index (χ0n) is 10.5. The highest BCUT2D eigenvalue weighted by molar-refractivity contribution is 6.43. The first-order valence-electron chi connectivity index (χ1n) is 5.35. The van der Waals surface area contributed by atoms with E-state index < -0.39 is 29.9 Å². The largest absolute Gasteiger partial charge is 0.477 e. The van der Waals surface area contributed by atoms with Gasteiger partial charge < -0.3 is 15.0 Å². The maximum absolute atomic E-state index is 12.2. The van der Waals surface area contributed by atoms with E-state index in [2.05, 4.69) is 0 Å². The molecule has 1 atom stereocenters. The Hall–Kier alpha value is -2.32. The third-order valence-corrected chi connectivity index (χ3v) is 2.53. The smallest absolute Gasteiger partial charge is 0.408 e. The first-order valence-corrected chi connectivity index (χ1v) is 5.35. The highest BCUT2D eigenvalue weighted by atomic mass is 19.4. The molecule has 110 valence electrons. The van der Waals surface area contributed by atoms with Crippen LogP contribution in [-0.2, 0) is 11.8 Å². The Bertz CT molecular complexity index is 563. The number of carbonyl (C=O) groups is 3. The number of halogens is 3. The number of aryl methyl sites for hydroxylation is 1. The number of Topliss-reactive ketones (excluding diaryl/α,β-unsaturated/α-hetero) is 1. The topological polar surface area (TPSA) is 88.4 Å². The highest BCUT2D eigenvalue weighted by Gasteiger charge is 2.38. The number of carbonyl (C=O) groups excluding carboxylic acids is 2. The summed E-state index contributed by atoms with van der Waals surface area (Å²) in [4.78, 5) is 33.7. The summed E-state index contributed by atoms with van der Waals surface area (Å²) in [6.45, 7) is 0.693. The van der Waals surface area contributed by atoms with Gasteiger partial charge >= 0.3 is 12.1 Å². The number of rotatable bonds is 4. The lowest BCUT2D eigenvalue weighted by atomic mass is 10.2. The molecule has 0 fully saturated rings. The fourth-order valence-electron chi connectivity index (χ4n) is 1.38. The van der Waals surface area contributed by atoms with Crippen molar-refractivity contribution in [2.24, 2.45) is 7.05 Å². The quantitative estimate of drug-likeness (QED) is 0.639. The summed E-state index contributed by atoms with van der Waals surface area (Å²) in [6.07, 6.45) is -3.61. The molecule has 1 aromatic heterocycles. The minimum atomic E-state index is -4.67. The molecule has 0 saturated carbocycles. The summed E-state index contributed by atoms with van der Waals surface area (Å²) < 4.78 is 37.8. The van der Waals surface area contributed by atoms with Gasteiger partial charge in [0.05, 0.1) is 0 Å². The molecule has 6 nitrogen and oxygen atoms in total. The molecule has 0 aliphatic heterocycles. The number of carboxylic acids is 1. The second-order valence-corrected chi connectivity index (χ2v) is 4.10. The molecular formula is C11H11F3N2O4. The van der Waals surface area contributed by atoms with Crippen LogP contribution in [-0.4, -0.2) is 39.6 Å². The van der Waals surface area contributed by atoms with Gasteiger partial charge in [-0.05, 0) is 13.0 Å². The lowest BCUT2D eigenvalue weighted by Crippen LogP contribution is -2.45. The van der Waals surface area contributed by atoms with Crippen LogP contribution in [0.5, 0.6) is 0 Å². The van der Waals surface area contributed by atoms with E-state index in [1.165, 1.54) is 12.4 Å². The van der Waals surface area contributed by atoms with E-state index in [0.29, 0.717) is 6.92 Å². The SMILES string of the molecule is CC(NC(=O)C(=O)c1cc(C(=O)O)n(C)c1)C(F)(F)F. The number of alkyl halides is 3. The van der Waals surface area contributed by atoms with Crippen molar-refractivity contribution in [3.63, 3.8) is 0 Å². The number of carboxylic acid groups (broad SMARTS) is 1. The van der Waals surface area contributed by atoms with Gasteiger partial charge in [-0.2, -0.15) is 13.2 Å². The van der Waals surface area contributed by atoms with E-state index in [4.69, 9.17) is 5.11 Å². The molecule has 0 saturated heterocycles. The Kier molecular flexibility index (Phi) is 4.21. The van der Waals surface area contributed by atoms with Gasteiger partial charge in [0.15, 0.2) is 0 Å². The van der Waals surface area contributed by atoms with Crippen LogP contribution in [0.15, 0.2) is 12.3 Å². The van der Waals surface area contributed by atoms with Crippen LogP contribution in [0, 0.1) is 0 Å². The lowest BCUT2D eigenvalue weighted by Gasteiger charge is -2.16. The predicted molar refractivity (Wildman–Crippen MR) is 60.4 cm³/mol. The molecule has 1 amide bonds. The average molecular weight is 292 g/mol. The van der Waals surface area contributed by atoms with E-state index >= 15 is 0 Å². The van der Waals surface area contributed by atoms with Crippen molar-refractivity contribution in [2.45, 2.75) is 19.1 Å². The van der Waals surface area contributed by atoms with Crippen LogP contribution in [0.1, 0.15) is 27.8 Å². The van der Waals surface area contributed by atoms with Gasteiger partial charge in [-0.15, -0.1) is 0 Å². The Morgan fingerprint density at radius 3 is 2.30 bits per heavy atom. The maximum atomic E-state index is 12.2. The van der Waals surface area contributed by atoms with E-state index in [-0.39, 0.29) is 11.3 Å². The number of nitrogens with one attached hydrogen (secondary N) is 1. The van der Waals surface area contributed by atoms with Gasteiger partial charge in [0.25, 0.3) is 11.7 Å². The molecular weight excluding hydrogens is 281 g/mol. The van der Waals surface area contributed by atoms with Crippen molar-refractivity contribution < 1.29 is 32.7 Å². The summed E-state index contributed by atoms with van der Waals surface area (Å²) in [5.74, 6) is -4.00. The Labute approximate surface area is 111 Å². The number of aromatic nitrogens is 1. The van der Waals surface area contributed by atoms with Crippen molar-refractivity contribution in [3.8, 4) is 0 Å². The molecule has 1 rings (SSSR count). The third kappa shape index (κ3) is 3.37. The van der Waals surface area contributed by atoms with Crippen LogP contribution in [0.4, 0.5) is 13.2 Å². The van der Waals surface area contributed by atoms with Gasteiger partial charge in [-0.1, -0.05) is 0 Å². The van der Waals surface area contributed by atoms with Crippen LogP contribution >= 0.6 is 0 Å². The third-order valence-electron chi connectivity index (χ3n) is 2.53. The van der Waals surface area contributed by atoms with E-state index in [1.807, 2.05) is 0 Å². The number of ketones is 1. The van der Waals surface area contributed by atoms with Crippen LogP contribution in [0.2, 0.25) is 0 Å². The van der Waals surface area contributed by atoms with E-state index in [0.717, 1.165) is 16.8 Å². The van der Waals surface area contributed by atoms with Gasteiger partial charge in [-0.25, -0.2) is 4.79 Å². The summed E-state index contributed by atoms with van der Waals surface area (Å²) in [5.41, 5.74) is -0.554. The fraction of sp³-hybridized carbons (Fsp3) is 0.364. The van der Waals surface area contributed by atoms with Crippen molar-refractivity contribution in [3.05, 3.63) is 23.5 Å². The minimum absolute atomic E-state index is 0.259. The second-order valence-electron chi connectivity index (χ2n) is 4.10. The molecule has 1 heterocycles. The summed E-state index contributed by atoms with van der Waals surface area (Å²) in [7, 11) is 1.33. The summed E-state index contributed by atoms with van der Waals surface area (Å²) in [6, 6.07) is -1.26. The molecule has 0 aromatic carbocycles. The number of hydrogen-bond donors (Lipinski definition) is 2. The number of hydrogen-bond acceptors (Lipinski definition) is 3. The molecule has 9 heteroatoms. The van der Waals surface area contributed by atoms with Crippen molar-refractivity contribution in [1.82, 2.24) is 9.88 Å². The summed E-state index contributed by atoms with van der Waals surface area (Å²) in [5, 5.41) is 10.3. The Morgan fingerprint density at radius 1 is 1.35 bits per heavy atom. The molecule has 1 aromatic rings. The molecule has 20 heavy (non-hydrogen) atoms. The van der Waals surface area contributed by atoms with E-state index in [9.17, 15) is 27.6 Å². The molecule has 1 unspecified atom stereocenters. The first kappa shape index (κ1) is 15.7. The van der Waals surface area contributed by atoms with Gasteiger partial charge in [0.1, 0.15) is 11.7 Å². The van der Waals surface area contributed by atoms with Gasteiger partial charge in [0.2, 0.25) is 0 Å². The fourth-order valence-corrected chi connectivity index (χ4v) is 1.38. The maximum Gasteiger partial charge on any atom is 0.408 e. The molecule has 2 N–H and O–H groups in total. The zero-order valence-corrected chi connectivity index (χ0v) is 10.5. The minimum Gasteiger partial charge on any atom is -0.477 e. The standard InChI is InChI=1S/C11H11F3N2O4/c1-5(11(12,13)14)15-9(18)8(17)6-3-7(10(19)20)16(2)4-6/h3-5H,1-2H3,(H,15,18)(H,19,20). The van der Waals surface area contributed by atoms with Crippen LogP contribution in [0.25, 0.3) is 0 Å². The Morgan fingerprint density at radius 2 is 1.90 bits per heavy atom. The molecule has 0 aliphatic rings. The number of nitrogens with zero attached hydrogens (tertiary/aromatic N) is 1. The highest BCUT2D eigenvalue weighted by Crippen LogP contribution is 2.19. The predicted octanol–water partition coefficient (Wildman–Crippen LogP) is 0.973. The molecule has 0 bridgehead atoms. The Balaban J connectivity index is 2.88. The van der Waals surface area contributed by atoms with Crippen LogP contribution < -0.4 is 5.32 Å².